The Balaban J connectivity index is 2.67. The lowest BCUT2D eigenvalue weighted by Gasteiger charge is -2.17. The highest BCUT2D eigenvalue weighted by atomic mass is 35.5. The fraction of sp³-hybridized carbons (Fsp3) is 0.357. The summed E-state index contributed by atoms with van der Waals surface area (Å²) in [5, 5.41) is 11.8. The summed E-state index contributed by atoms with van der Waals surface area (Å²) in [7, 11) is 0. The van der Waals surface area contributed by atoms with Crippen molar-refractivity contribution in [3.63, 3.8) is 0 Å². The first-order valence-corrected chi connectivity index (χ1v) is 6.66. The molecule has 0 spiro atoms. The second kappa shape index (κ2) is 5.53. The summed E-state index contributed by atoms with van der Waals surface area (Å²) in [6.07, 6.45) is 2.40. The van der Waals surface area contributed by atoms with Crippen molar-refractivity contribution in [2.75, 3.05) is 0 Å². The number of aromatic nitrogens is 1. The van der Waals surface area contributed by atoms with Crippen LogP contribution in [0.3, 0.4) is 0 Å². The Labute approximate surface area is 116 Å². The molecule has 0 amide bonds. The molecule has 0 saturated carbocycles. The molecule has 2 unspecified atom stereocenters. The van der Waals surface area contributed by atoms with E-state index in [2.05, 4.69) is 4.98 Å². The number of nitrogens with zero attached hydrogens (tertiary/aromatic N) is 2. The predicted molar refractivity (Wildman–Crippen MR) is 76.7 cm³/mol. The highest BCUT2D eigenvalue weighted by Crippen LogP contribution is 2.36. The molecular weight excluding hydrogens is 264 g/mol. The van der Waals surface area contributed by atoms with Gasteiger partial charge in [0.1, 0.15) is 0 Å². The van der Waals surface area contributed by atoms with Gasteiger partial charge in [0.25, 0.3) is 5.69 Å². The normalized spacial score (nSPS) is 14.3. The smallest absolute Gasteiger partial charge is 0.258 e. The fourth-order valence-corrected chi connectivity index (χ4v) is 2.41. The first-order chi connectivity index (χ1) is 9.06. The van der Waals surface area contributed by atoms with E-state index >= 15 is 0 Å². The molecule has 100 valence electrons. The van der Waals surface area contributed by atoms with Gasteiger partial charge >= 0.3 is 0 Å². The average molecular weight is 279 g/mol. The van der Waals surface area contributed by atoms with Gasteiger partial charge in [-0.2, -0.15) is 0 Å². The quantitative estimate of drug-likeness (QED) is 0.477. The van der Waals surface area contributed by atoms with E-state index in [-0.39, 0.29) is 21.9 Å². The first-order valence-electron chi connectivity index (χ1n) is 6.22. The molecule has 0 aliphatic heterocycles. The maximum atomic E-state index is 11.4. The monoisotopic (exact) mass is 278 g/mol. The van der Waals surface area contributed by atoms with Gasteiger partial charge in [-0.25, -0.2) is 0 Å². The molecule has 2 atom stereocenters. The number of pyridine rings is 1. The van der Waals surface area contributed by atoms with Crippen LogP contribution in [0.25, 0.3) is 10.9 Å². The third-order valence-electron chi connectivity index (χ3n) is 3.39. The Morgan fingerprint density at radius 1 is 1.42 bits per heavy atom. The molecule has 0 saturated heterocycles. The molecule has 5 heteroatoms. The predicted octanol–water partition coefficient (Wildman–Crippen LogP) is 4.26. The van der Waals surface area contributed by atoms with Crippen LogP contribution in [0, 0.1) is 10.1 Å². The molecular formula is C14H15ClN2O2. The van der Waals surface area contributed by atoms with Crippen molar-refractivity contribution < 1.29 is 4.92 Å². The molecule has 0 radical (unpaired) electrons. The molecule has 1 heterocycles. The minimum absolute atomic E-state index is 0.0725. The van der Waals surface area contributed by atoms with Gasteiger partial charge in [0.05, 0.1) is 15.8 Å². The van der Waals surface area contributed by atoms with Crippen LogP contribution in [-0.2, 0) is 0 Å². The Morgan fingerprint density at radius 3 is 2.79 bits per heavy atom. The van der Waals surface area contributed by atoms with Crippen LogP contribution in [0.5, 0.6) is 0 Å². The number of rotatable bonds is 4. The van der Waals surface area contributed by atoms with Crippen LogP contribution in [0.2, 0.25) is 0 Å². The van der Waals surface area contributed by atoms with E-state index in [0.29, 0.717) is 16.5 Å². The minimum atomic E-state index is -0.338. The van der Waals surface area contributed by atoms with E-state index in [4.69, 9.17) is 11.6 Å². The van der Waals surface area contributed by atoms with Gasteiger partial charge in [-0.1, -0.05) is 13.8 Å². The van der Waals surface area contributed by atoms with Crippen LogP contribution in [0.1, 0.15) is 31.7 Å². The van der Waals surface area contributed by atoms with E-state index in [1.54, 1.807) is 24.4 Å². The molecule has 4 nitrogen and oxygen atoms in total. The van der Waals surface area contributed by atoms with E-state index < -0.39 is 0 Å². The van der Waals surface area contributed by atoms with E-state index in [1.165, 1.54) is 0 Å². The number of alkyl halides is 1. The summed E-state index contributed by atoms with van der Waals surface area (Å²) < 4.78 is 0. The van der Waals surface area contributed by atoms with E-state index in [0.717, 1.165) is 6.42 Å². The van der Waals surface area contributed by atoms with Crippen molar-refractivity contribution in [1.82, 2.24) is 4.98 Å². The maximum absolute atomic E-state index is 11.4. The summed E-state index contributed by atoms with van der Waals surface area (Å²) in [6.45, 7) is 3.90. The number of halogens is 1. The lowest BCUT2D eigenvalue weighted by atomic mass is 9.93. The Hall–Kier alpha value is -1.68. The summed E-state index contributed by atoms with van der Waals surface area (Å²) in [4.78, 5) is 15.2. The van der Waals surface area contributed by atoms with Gasteiger partial charge in [0, 0.05) is 23.1 Å². The molecule has 0 bridgehead atoms. The molecule has 0 aliphatic carbocycles. The van der Waals surface area contributed by atoms with Crippen molar-refractivity contribution in [2.24, 2.45) is 0 Å². The van der Waals surface area contributed by atoms with Crippen LogP contribution >= 0.6 is 11.6 Å². The fourth-order valence-electron chi connectivity index (χ4n) is 2.27. The maximum Gasteiger partial charge on any atom is 0.282 e. The molecule has 0 N–H and O–H groups in total. The first kappa shape index (κ1) is 13.7. The standard InChI is InChI=1S/C14H15ClN2O2/c1-3-12(15)9(2)10-6-7-13-11(5-4-8-16-13)14(10)17(18)19/h4-9,12H,3H2,1-2H3. The molecule has 19 heavy (non-hydrogen) atoms. The number of hydrogen-bond acceptors (Lipinski definition) is 3. The number of nitro benzene ring substituents is 1. The molecule has 1 aromatic carbocycles. The molecule has 1 aromatic heterocycles. The molecule has 0 fully saturated rings. The Morgan fingerprint density at radius 2 is 2.16 bits per heavy atom. The highest BCUT2D eigenvalue weighted by Gasteiger charge is 2.26. The van der Waals surface area contributed by atoms with Crippen LogP contribution < -0.4 is 0 Å². The lowest BCUT2D eigenvalue weighted by molar-refractivity contribution is -0.383. The lowest BCUT2D eigenvalue weighted by Crippen LogP contribution is -2.10. The van der Waals surface area contributed by atoms with Crippen molar-refractivity contribution in [3.05, 3.63) is 46.1 Å². The zero-order valence-corrected chi connectivity index (χ0v) is 11.6. The number of benzene rings is 1. The van der Waals surface area contributed by atoms with Gasteiger partial charge in [-0.15, -0.1) is 11.6 Å². The van der Waals surface area contributed by atoms with Crippen molar-refractivity contribution in [2.45, 2.75) is 31.6 Å². The molecule has 2 rings (SSSR count). The van der Waals surface area contributed by atoms with Crippen molar-refractivity contribution in [3.8, 4) is 0 Å². The number of nitro groups is 1. The SMILES string of the molecule is CCC(Cl)C(C)c1ccc2ncccc2c1[N+](=O)[O-]. The van der Waals surface area contributed by atoms with Crippen LogP contribution in [-0.4, -0.2) is 15.3 Å². The zero-order chi connectivity index (χ0) is 14.0. The van der Waals surface area contributed by atoms with Crippen molar-refractivity contribution >= 4 is 28.2 Å². The van der Waals surface area contributed by atoms with E-state index in [9.17, 15) is 10.1 Å². The Kier molecular flexibility index (Phi) is 4.00. The highest BCUT2D eigenvalue weighted by molar-refractivity contribution is 6.21. The van der Waals surface area contributed by atoms with Crippen LogP contribution in [0.15, 0.2) is 30.5 Å². The third-order valence-corrected chi connectivity index (χ3v) is 4.08. The van der Waals surface area contributed by atoms with Crippen LogP contribution in [0.4, 0.5) is 5.69 Å². The third kappa shape index (κ3) is 2.54. The van der Waals surface area contributed by atoms with Gasteiger partial charge in [0.15, 0.2) is 0 Å². The minimum Gasteiger partial charge on any atom is -0.258 e. The average Bonchev–Trinajstić information content (AvgIpc) is 2.44. The summed E-state index contributed by atoms with van der Waals surface area (Å²) >= 11 is 6.24. The topological polar surface area (TPSA) is 56.0 Å². The zero-order valence-electron chi connectivity index (χ0n) is 10.8. The van der Waals surface area contributed by atoms with Gasteiger partial charge < -0.3 is 0 Å². The van der Waals surface area contributed by atoms with Gasteiger partial charge in [0.2, 0.25) is 0 Å². The summed E-state index contributed by atoms with van der Waals surface area (Å²) in [5.74, 6) is -0.0725. The molecule has 0 aliphatic rings. The van der Waals surface area contributed by atoms with Gasteiger partial charge in [-0.3, -0.25) is 15.1 Å². The Bertz CT molecular complexity index is 615. The molecule has 2 aromatic rings. The summed E-state index contributed by atoms with van der Waals surface area (Å²) in [6, 6.07) is 7.02. The second-order valence-corrected chi connectivity index (χ2v) is 5.10. The second-order valence-electron chi connectivity index (χ2n) is 4.54. The van der Waals surface area contributed by atoms with Gasteiger partial charge in [-0.05, 0) is 30.7 Å². The number of fused-ring (bicyclic) bond motifs is 1. The summed E-state index contributed by atoms with van der Waals surface area (Å²) in [5.41, 5.74) is 1.43. The van der Waals surface area contributed by atoms with E-state index in [1.807, 2.05) is 19.9 Å². The largest absolute Gasteiger partial charge is 0.282 e. The van der Waals surface area contributed by atoms with Crippen molar-refractivity contribution in [1.29, 1.82) is 0 Å². The number of hydrogen-bond donors (Lipinski definition) is 0.